The molecule has 0 aromatic heterocycles. The molecule has 0 saturated heterocycles. The van der Waals surface area contributed by atoms with Gasteiger partial charge in [-0.1, -0.05) is 51.0 Å². The molecule has 0 radical (unpaired) electrons. The molecule has 2 aromatic rings. The third kappa shape index (κ3) is 7.87. The van der Waals surface area contributed by atoms with Crippen LogP contribution < -0.4 is 10.8 Å². The Labute approximate surface area is 174 Å². The largest absolute Gasteiger partial charge is 0.367 e. The topological polar surface area (TPSA) is 85.0 Å². The molecular weight excluding hydrogens is 386 g/mol. The van der Waals surface area contributed by atoms with Crippen molar-refractivity contribution in [3.05, 3.63) is 59.7 Å². The second-order valence-corrected chi connectivity index (χ2v) is 8.64. The highest BCUT2D eigenvalue weighted by Crippen LogP contribution is 2.20. The number of aliphatic imine (C=N–C) groups is 1. The number of unbranched alkanes of at least 4 members (excludes halogenated alkanes) is 2. The Morgan fingerprint density at radius 3 is 1.86 bits per heavy atom. The first-order valence-electron chi connectivity index (χ1n) is 10.0. The van der Waals surface area contributed by atoms with Gasteiger partial charge in [0.2, 0.25) is 5.96 Å². The van der Waals surface area contributed by atoms with E-state index in [1.807, 2.05) is 36.4 Å². The molecule has 0 bridgehead atoms. The van der Waals surface area contributed by atoms with Gasteiger partial charge in [-0.05, 0) is 61.1 Å². The van der Waals surface area contributed by atoms with Gasteiger partial charge in [-0.15, -0.1) is 4.28 Å². The van der Waals surface area contributed by atoms with E-state index in [9.17, 15) is 8.42 Å². The molecule has 0 amide bonds. The van der Waals surface area contributed by atoms with Crippen molar-refractivity contribution in [2.24, 2.45) is 10.7 Å². The van der Waals surface area contributed by atoms with Crippen LogP contribution in [0.4, 0.5) is 11.4 Å². The number of aryl methyl sites for hydroxylation is 2. The van der Waals surface area contributed by atoms with E-state index in [0.717, 1.165) is 49.8 Å². The number of guanidine groups is 1. The van der Waals surface area contributed by atoms with Crippen LogP contribution >= 0.6 is 0 Å². The molecule has 0 heterocycles. The Hall–Kier alpha value is -2.38. The highest BCUT2D eigenvalue weighted by atomic mass is 32.2. The first-order valence-corrected chi connectivity index (χ1v) is 11.9. The van der Waals surface area contributed by atoms with Crippen molar-refractivity contribution in [1.82, 2.24) is 0 Å². The molecule has 0 atom stereocenters. The van der Waals surface area contributed by atoms with Gasteiger partial charge in [0.05, 0.1) is 17.6 Å². The van der Waals surface area contributed by atoms with Crippen LogP contribution in [0, 0.1) is 0 Å². The Balaban J connectivity index is 2.25. The van der Waals surface area contributed by atoms with Crippen molar-refractivity contribution in [1.29, 1.82) is 0 Å². The van der Waals surface area contributed by atoms with Crippen LogP contribution in [-0.4, -0.2) is 20.6 Å². The molecule has 0 aliphatic heterocycles. The highest BCUT2D eigenvalue weighted by Gasteiger charge is 2.18. The molecule has 158 valence electrons. The fourth-order valence-corrected chi connectivity index (χ4v) is 3.26. The summed E-state index contributed by atoms with van der Waals surface area (Å²) >= 11 is 0. The third-order valence-corrected chi connectivity index (χ3v) is 4.83. The number of hydrogen-bond acceptors (Lipinski definition) is 4. The SMILES string of the molecule is CCCCc1ccc(N=C(N)N(OS(C)(=O)=O)c2ccc(CCCC)cc2)cc1. The van der Waals surface area contributed by atoms with Gasteiger partial charge in [-0.2, -0.15) is 13.5 Å². The lowest BCUT2D eigenvalue weighted by Gasteiger charge is -2.21. The molecule has 0 fully saturated rings. The molecule has 0 unspecified atom stereocenters. The van der Waals surface area contributed by atoms with Crippen molar-refractivity contribution in [2.75, 3.05) is 11.3 Å². The van der Waals surface area contributed by atoms with Crippen LogP contribution in [0.1, 0.15) is 50.7 Å². The van der Waals surface area contributed by atoms with Gasteiger partial charge in [0.15, 0.2) is 0 Å². The lowest BCUT2D eigenvalue weighted by atomic mass is 10.1. The number of rotatable bonds is 10. The fourth-order valence-electron chi connectivity index (χ4n) is 2.82. The minimum Gasteiger partial charge on any atom is -0.367 e. The van der Waals surface area contributed by atoms with E-state index in [1.165, 1.54) is 11.1 Å². The predicted molar refractivity (Wildman–Crippen MR) is 120 cm³/mol. The normalized spacial score (nSPS) is 12.2. The van der Waals surface area contributed by atoms with Crippen molar-refractivity contribution in [3.8, 4) is 0 Å². The van der Waals surface area contributed by atoms with Crippen LogP contribution in [-0.2, 0) is 27.2 Å². The summed E-state index contributed by atoms with van der Waals surface area (Å²) in [6, 6.07) is 15.2. The van der Waals surface area contributed by atoms with Gasteiger partial charge in [0.25, 0.3) is 10.1 Å². The van der Waals surface area contributed by atoms with Crippen molar-refractivity contribution in [2.45, 2.75) is 52.4 Å². The van der Waals surface area contributed by atoms with Crippen molar-refractivity contribution < 1.29 is 12.7 Å². The first-order chi connectivity index (χ1) is 13.8. The van der Waals surface area contributed by atoms with Crippen LogP contribution in [0.25, 0.3) is 0 Å². The van der Waals surface area contributed by atoms with Crippen LogP contribution in [0.5, 0.6) is 0 Å². The maximum absolute atomic E-state index is 11.8. The van der Waals surface area contributed by atoms with E-state index in [2.05, 4.69) is 18.8 Å². The standard InChI is InChI=1S/C22H31N3O3S/c1-4-6-8-18-10-14-20(15-11-18)24-22(23)25(28-29(3,26)27)21-16-12-19(13-17-21)9-7-5-2/h10-17H,4-9H2,1-3H3,(H2,23,24). The van der Waals surface area contributed by atoms with E-state index < -0.39 is 10.1 Å². The Morgan fingerprint density at radius 2 is 1.41 bits per heavy atom. The molecule has 7 heteroatoms. The third-order valence-electron chi connectivity index (χ3n) is 4.41. The van der Waals surface area contributed by atoms with E-state index in [-0.39, 0.29) is 5.96 Å². The van der Waals surface area contributed by atoms with Crippen LogP contribution in [0.2, 0.25) is 0 Å². The summed E-state index contributed by atoms with van der Waals surface area (Å²) in [5, 5.41) is 1.05. The minimum absolute atomic E-state index is 0.0574. The molecule has 0 saturated carbocycles. The maximum Gasteiger partial charge on any atom is 0.285 e. The average molecular weight is 418 g/mol. The molecule has 0 spiro atoms. The zero-order chi connectivity index (χ0) is 21.3. The summed E-state index contributed by atoms with van der Waals surface area (Å²) < 4.78 is 28.6. The number of benzene rings is 2. The summed E-state index contributed by atoms with van der Waals surface area (Å²) in [4.78, 5) is 4.34. The second-order valence-electron chi connectivity index (χ2n) is 7.08. The Kier molecular flexibility index (Phi) is 8.67. The van der Waals surface area contributed by atoms with Gasteiger partial charge >= 0.3 is 0 Å². The number of nitrogens with two attached hydrogens (primary N) is 1. The molecular formula is C22H31N3O3S. The lowest BCUT2D eigenvalue weighted by molar-refractivity contribution is 0.336. The van der Waals surface area contributed by atoms with E-state index in [4.69, 9.17) is 10.0 Å². The summed E-state index contributed by atoms with van der Waals surface area (Å²) in [7, 11) is -3.78. The Morgan fingerprint density at radius 1 is 0.931 bits per heavy atom. The second kappa shape index (κ2) is 11.0. The molecule has 0 aliphatic carbocycles. The number of hydrogen-bond donors (Lipinski definition) is 1. The van der Waals surface area contributed by atoms with Crippen molar-refractivity contribution >= 4 is 27.5 Å². The zero-order valence-electron chi connectivity index (χ0n) is 17.5. The number of hydroxylamine groups is 1. The van der Waals surface area contributed by atoms with Gasteiger partial charge < -0.3 is 5.73 Å². The average Bonchev–Trinajstić information content (AvgIpc) is 2.69. The first kappa shape index (κ1) is 22.9. The summed E-state index contributed by atoms with van der Waals surface area (Å²) in [5.74, 6) is -0.0574. The molecule has 0 aliphatic rings. The van der Waals surface area contributed by atoms with Crippen LogP contribution in [0.15, 0.2) is 53.5 Å². The molecule has 29 heavy (non-hydrogen) atoms. The highest BCUT2D eigenvalue weighted by molar-refractivity contribution is 7.86. The van der Waals surface area contributed by atoms with Gasteiger partial charge in [-0.25, -0.2) is 4.99 Å². The van der Waals surface area contributed by atoms with Gasteiger partial charge in [-0.3, -0.25) is 0 Å². The van der Waals surface area contributed by atoms with E-state index in [1.54, 1.807) is 12.1 Å². The van der Waals surface area contributed by atoms with Crippen molar-refractivity contribution in [3.63, 3.8) is 0 Å². The van der Waals surface area contributed by atoms with Gasteiger partial charge in [0.1, 0.15) is 0 Å². The molecule has 6 nitrogen and oxygen atoms in total. The monoisotopic (exact) mass is 417 g/mol. The molecule has 2 N–H and O–H groups in total. The predicted octanol–water partition coefficient (Wildman–Crippen LogP) is 4.72. The minimum atomic E-state index is -3.78. The van der Waals surface area contributed by atoms with E-state index >= 15 is 0 Å². The van der Waals surface area contributed by atoms with Crippen LogP contribution in [0.3, 0.4) is 0 Å². The number of anilines is 1. The summed E-state index contributed by atoms with van der Waals surface area (Å²) in [5.41, 5.74) is 9.64. The summed E-state index contributed by atoms with van der Waals surface area (Å²) in [6.45, 7) is 4.30. The smallest absolute Gasteiger partial charge is 0.285 e. The lowest BCUT2D eigenvalue weighted by Crippen LogP contribution is -2.38. The Bertz CT molecular complexity index is 892. The molecule has 2 aromatic carbocycles. The number of nitrogens with zero attached hydrogens (tertiary/aromatic N) is 2. The van der Waals surface area contributed by atoms with Gasteiger partial charge in [0, 0.05) is 0 Å². The molecule has 2 rings (SSSR count). The fraction of sp³-hybridized carbons (Fsp3) is 0.409. The summed E-state index contributed by atoms with van der Waals surface area (Å²) in [6.07, 6.45) is 7.45. The van der Waals surface area contributed by atoms with E-state index in [0.29, 0.717) is 11.4 Å². The zero-order valence-corrected chi connectivity index (χ0v) is 18.3. The maximum atomic E-state index is 11.8. The quantitative estimate of drug-likeness (QED) is 0.344.